The van der Waals surface area contributed by atoms with Crippen molar-refractivity contribution in [2.75, 3.05) is 7.11 Å². The largest absolute Gasteiger partial charge is 0.507 e. The van der Waals surface area contributed by atoms with Crippen LogP contribution in [-0.2, 0) is 9.53 Å². The summed E-state index contributed by atoms with van der Waals surface area (Å²) < 4.78 is 10.5. The molecule has 3 N–H and O–H groups in total. The average Bonchev–Trinajstić information content (AvgIpc) is 2.62. The van der Waals surface area contributed by atoms with E-state index in [0.717, 1.165) is 0 Å². The van der Waals surface area contributed by atoms with Crippen LogP contribution in [0.4, 0.5) is 0 Å². The number of methoxy groups -OCH3 is 1. The second-order valence-corrected chi connectivity index (χ2v) is 6.68. The predicted molar refractivity (Wildman–Crippen MR) is 98.7 cm³/mol. The molecule has 0 bridgehead atoms. The van der Waals surface area contributed by atoms with Crippen molar-refractivity contribution in [3.8, 4) is 11.5 Å². The summed E-state index contributed by atoms with van der Waals surface area (Å²) in [5.74, 6) is -0.953. The van der Waals surface area contributed by atoms with Crippen molar-refractivity contribution in [2.45, 2.75) is 57.3 Å². The van der Waals surface area contributed by atoms with Crippen LogP contribution in [-0.4, -0.2) is 52.5 Å². The van der Waals surface area contributed by atoms with Crippen LogP contribution < -0.4 is 4.74 Å². The third-order valence-corrected chi connectivity index (χ3v) is 4.52. The van der Waals surface area contributed by atoms with Crippen molar-refractivity contribution < 1.29 is 34.4 Å². The van der Waals surface area contributed by atoms with Crippen LogP contribution in [0.1, 0.15) is 54.9 Å². The fraction of sp³-hybridized carbons (Fsp3) is 0.500. The normalized spacial score (nSPS) is 26.3. The van der Waals surface area contributed by atoms with Crippen LogP contribution in [0.2, 0.25) is 0 Å². The van der Waals surface area contributed by atoms with E-state index in [1.807, 2.05) is 0 Å². The molecule has 0 aromatic heterocycles. The molecule has 0 radical (unpaired) electrons. The number of aliphatic hydroxyl groups is 2. The Morgan fingerprint density at radius 1 is 1.19 bits per heavy atom. The summed E-state index contributed by atoms with van der Waals surface area (Å²) in [6.45, 7) is 1.70. The maximum Gasteiger partial charge on any atom is 0.342 e. The van der Waals surface area contributed by atoms with Gasteiger partial charge < -0.3 is 24.8 Å². The number of ether oxygens (including phenoxy) is 2. The van der Waals surface area contributed by atoms with E-state index in [-0.39, 0.29) is 24.2 Å². The zero-order valence-electron chi connectivity index (χ0n) is 15.6. The summed E-state index contributed by atoms with van der Waals surface area (Å²) in [6.07, 6.45) is 1.74. The lowest BCUT2D eigenvalue weighted by atomic mass is 10.00. The molecule has 1 aliphatic rings. The molecule has 2 rings (SSSR count). The van der Waals surface area contributed by atoms with E-state index in [0.29, 0.717) is 30.6 Å². The van der Waals surface area contributed by atoms with E-state index in [9.17, 15) is 24.9 Å². The molecule has 7 nitrogen and oxygen atoms in total. The van der Waals surface area contributed by atoms with Gasteiger partial charge in [0.2, 0.25) is 0 Å². The summed E-state index contributed by atoms with van der Waals surface area (Å²) in [5, 5.41) is 30.2. The minimum absolute atomic E-state index is 0.0328. The van der Waals surface area contributed by atoms with Crippen molar-refractivity contribution in [3.63, 3.8) is 0 Å². The Labute approximate surface area is 158 Å². The number of carbonyl (C=O) groups is 2. The van der Waals surface area contributed by atoms with Crippen molar-refractivity contribution in [1.29, 1.82) is 0 Å². The molecule has 0 saturated carbocycles. The Bertz CT molecular complexity index is 711. The number of Topliss-reactive ketones (excluding diaryl/α,β-unsaturated/α-hetero) is 1. The van der Waals surface area contributed by atoms with Crippen molar-refractivity contribution >= 4 is 17.8 Å². The molecule has 0 spiro atoms. The molecular weight excluding hydrogens is 352 g/mol. The van der Waals surface area contributed by atoms with Gasteiger partial charge in [0.25, 0.3) is 0 Å². The summed E-state index contributed by atoms with van der Waals surface area (Å²) in [4.78, 5) is 24.5. The Morgan fingerprint density at radius 2 is 1.93 bits per heavy atom. The number of phenolic OH excluding ortho intramolecular Hbond substituents is 1. The standard InChI is InChI=1S/C20H26O7/c1-12-6-5-9-16(22)19(24)15(21)8-4-3-7-13-10-14(26-2)11-17(23)18(13)20(25)27-12/h3,7,10-12,15,19,21,23-24H,4-6,8-9H2,1-2H3/b7-3+/t12-,15?,19?/m0/s1. The number of aliphatic hydroxyl groups excluding tert-OH is 2. The first-order valence-corrected chi connectivity index (χ1v) is 9.00. The lowest BCUT2D eigenvalue weighted by molar-refractivity contribution is -0.133. The van der Waals surface area contributed by atoms with Gasteiger partial charge in [0, 0.05) is 12.5 Å². The maximum absolute atomic E-state index is 12.5. The van der Waals surface area contributed by atoms with Gasteiger partial charge in [0.15, 0.2) is 5.78 Å². The summed E-state index contributed by atoms with van der Waals surface area (Å²) >= 11 is 0. The molecule has 0 aliphatic carbocycles. The van der Waals surface area contributed by atoms with Gasteiger partial charge >= 0.3 is 5.97 Å². The van der Waals surface area contributed by atoms with E-state index in [4.69, 9.17) is 9.47 Å². The highest BCUT2D eigenvalue weighted by molar-refractivity contribution is 5.97. The molecule has 0 saturated heterocycles. The number of hydrogen-bond acceptors (Lipinski definition) is 7. The molecule has 3 atom stereocenters. The van der Waals surface area contributed by atoms with E-state index >= 15 is 0 Å². The van der Waals surface area contributed by atoms with Gasteiger partial charge in [-0.15, -0.1) is 0 Å². The fourth-order valence-corrected chi connectivity index (χ4v) is 2.96. The summed E-state index contributed by atoms with van der Waals surface area (Å²) in [7, 11) is 1.45. The van der Waals surface area contributed by atoms with Gasteiger partial charge in [-0.25, -0.2) is 4.79 Å². The lowest BCUT2D eigenvalue weighted by Crippen LogP contribution is -2.33. The molecule has 1 aromatic rings. The van der Waals surface area contributed by atoms with E-state index in [2.05, 4.69) is 0 Å². The summed E-state index contributed by atoms with van der Waals surface area (Å²) in [6, 6.07) is 2.94. The predicted octanol–water partition coefficient (Wildman–Crippen LogP) is 2.21. The first-order valence-electron chi connectivity index (χ1n) is 9.00. The van der Waals surface area contributed by atoms with Crippen molar-refractivity contribution in [1.82, 2.24) is 0 Å². The Kier molecular flexibility index (Phi) is 7.38. The molecule has 7 heteroatoms. The number of carbonyl (C=O) groups excluding carboxylic acids is 2. The topological polar surface area (TPSA) is 113 Å². The number of cyclic esters (lactones) is 1. The molecule has 0 amide bonds. The fourth-order valence-electron chi connectivity index (χ4n) is 2.96. The molecule has 1 aromatic carbocycles. The minimum Gasteiger partial charge on any atom is -0.507 e. The quantitative estimate of drug-likeness (QED) is 0.642. The van der Waals surface area contributed by atoms with Gasteiger partial charge in [-0.3, -0.25) is 4.79 Å². The van der Waals surface area contributed by atoms with Crippen molar-refractivity contribution in [2.24, 2.45) is 0 Å². The van der Waals surface area contributed by atoms with E-state index in [1.54, 1.807) is 25.1 Å². The van der Waals surface area contributed by atoms with Gasteiger partial charge in [-0.2, -0.15) is 0 Å². The van der Waals surface area contributed by atoms with Crippen LogP contribution in [0, 0.1) is 0 Å². The van der Waals surface area contributed by atoms with Gasteiger partial charge in [-0.05, 0) is 44.2 Å². The zero-order chi connectivity index (χ0) is 20.0. The van der Waals surface area contributed by atoms with Gasteiger partial charge in [0.1, 0.15) is 23.2 Å². The molecule has 1 heterocycles. The number of phenols is 1. The second kappa shape index (κ2) is 9.53. The molecular formula is C20H26O7. The average molecular weight is 378 g/mol. The number of fused-ring (bicyclic) bond motifs is 1. The number of hydrogen-bond donors (Lipinski definition) is 3. The lowest BCUT2D eigenvalue weighted by Gasteiger charge is -2.17. The van der Waals surface area contributed by atoms with Crippen LogP contribution in [0.25, 0.3) is 6.08 Å². The molecule has 148 valence electrons. The monoisotopic (exact) mass is 378 g/mol. The third-order valence-electron chi connectivity index (χ3n) is 4.52. The van der Waals surface area contributed by atoms with Crippen molar-refractivity contribution in [3.05, 3.63) is 29.3 Å². The maximum atomic E-state index is 12.5. The van der Waals surface area contributed by atoms with Gasteiger partial charge in [0.05, 0.1) is 19.3 Å². The number of allylic oxidation sites excluding steroid dienone is 1. The highest BCUT2D eigenvalue weighted by atomic mass is 16.5. The number of ketones is 1. The van der Waals surface area contributed by atoms with Crippen LogP contribution in [0.5, 0.6) is 11.5 Å². The Morgan fingerprint density at radius 3 is 2.63 bits per heavy atom. The smallest absolute Gasteiger partial charge is 0.342 e. The molecule has 27 heavy (non-hydrogen) atoms. The van der Waals surface area contributed by atoms with E-state index in [1.165, 1.54) is 13.2 Å². The van der Waals surface area contributed by atoms with E-state index < -0.39 is 30.1 Å². The zero-order valence-corrected chi connectivity index (χ0v) is 15.6. The molecule has 0 fully saturated rings. The Hall–Kier alpha value is -2.38. The highest BCUT2D eigenvalue weighted by Crippen LogP contribution is 2.30. The van der Waals surface area contributed by atoms with Crippen LogP contribution in [0.15, 0.2) is 18.2 Å². The first-order chi connectivity index (χ1) is 12.8. The summed E-state index contributed by atoms with van der Waals surface area (Å²) in [5.41, 5.74) is 0.454. The van der Waals surface area contributed by atoms with Crippen LogP contribution >= 0.6 is 0 Å². The van der Waals surface area contributed by atoms with Gasteiger partial charge in [-0.1, -0.05) is 12.2 Å². The number of rotatable bonds is 1. The minimum atomic E-state index is -1.42. The first kappa shape index (κ1) is 20.9. The number of aromatic hydroxyl groups is 1. The third kappa shape index (κ3) is 5.55. The second-order valence-electron chi connectivity index (χ2n) is 6.68. The Balaban J connectivity index is 2.34. The molecule has 2 unspecified atom stereocenters. The van der Waals surface area contributed by atoms with Crippen LogP contribution in [0.3, 0.4) is 0 Å². The number of esters is 1. The molecule has 1 aliphatic heterocycles. The highest BCUT2D eigenvalue weighted by Gasteiger charge is 2.25. The number of benzene rings is 1. The SMILES string of the molecule is COc1cc(O)c2c(c1)/C=C/CCC(O)C(O)C(=O)CCC[C@H](C)OC2=O.